The van der Waals surface area contributed by atoms with E-state index in [1.54, 1.807) is 6.07 Å². The first-order valence-electron chi connectivity index (χ1n) is 5.04. The number of methoxy groups -OCH3 is 1. The van der Waals surface area contributed by atoms with Crippen LogP contribution >= 0.6 is 0 Å². The van der Waals surface area contributed by atoms with E-state index < -0.39 is 25.5 Å². The standard InChI is InChI=1S/C11H13F3O4/c1-17-8-4-2-3-7(5-15)10(8)18-6-9(16)11(12,13)14/h2-4,9,15-16H,5-6H2,1H3. The second-order valence-electron chi connectivity index (χ2n) is 3.48. The summed E-state index contributed by atoms with van der Waals surface area (Å²) >= 11 is 0. The summed E-state index contributed by atoms with van der Waals surface area (Å²) in [6, 6.07) is 4.53. The molecule has 0 saturated heterocycles. The van der Waals surface area contributed by atoms with Crippen molar-refractivity contribution in [3.63, 3.8) is 0 Å². The smallest absolute Gasteiger partial charge is 0.417 e. The summed E-state index contributed by atoms with van der Waals surface area (Å²) in [5.41, 5.74) is 0.281. The van der Waals surface area contributed by atoms with Crippen molar-refractivity contribution in [2.45, 2.75) is 18.9 Å². The van der Waals surface area contributed by atoms with E-state index in [9.17, 15) is 13.2 Å². The van der Waals surface area contributed by atoms with E-state index in [1.165, 1.54) is 19.2 Å². The van der Waals surface area contributed by atoms with Gasteiger partial charge in [0.15, 0.2) is 17.6 Å². The molecule has 0 fully saturated rings. The molecule has 0 radical (unpaired) electrons. The van der Waals surface area contributed by atoms with Crippen LogP contribution in [0.3, 0.4) is 0 Å². The van der Waals surface area contributed by atoms with Gasteiger partial charge in [-0.05, 0) is 6.07 Å². The summed E-state index contributed by atoms with van der Waals surface area (Å²) in [6.07, 6.45) is -7.34. The molecule has 0 bridgehead atoms. The van der Waals surface area contributed by atoms with Gasteiger partial charge in [0, 0.05) is 5.56 Å². The van der Waals surface area contributed by atoms with Crippen molar-refractivity contribution in [1.82, 2.24) is 0 Å². The number of benzene rings is 1. The number of hydrogen-bond acceptors (Lipinski definition) is 4. The maximum atomic E-state index is 12.1. The van der Waals surface area contributed by atoms with Crippen LogP contribution in [0, 0.1) is 0 Å². The van der Waals surface area contributed by atoms with Crippen LogP contribution in [0.15, 0.2) is 18.2 Å². The predicted octanol–water partition coefficient (Wildman–Crippen LogP) is 1.49. The molecule has 18 heavy (non-hydrogen) atoms. The van der Waals surface area contributed by atoms with Gasteiger partial charge < -0.3 is 19.7 Å². The van der Waals surface area contributed by atoms with E-state index in [2.05, 4.69) is 0 Å². The fourth-order valence-electron chi connectivity index (χ4n) is 1.27. The van der Waals surface area contributed by atoms with Crippen LogP contribution in [0.4, 0.5) is 13.2 Å². The monoisotopic (exact) mass is 266 g/mol. The lowest BCUT2D eigenvalue weighted by molar-refractivity contribution is -0.210. The van der Waals surface area contributed by atoms with E-state index in [-0.39, 0.29) is 17.1 Å². The molecule has 0 aliphatic heterocycles. The summed E-state index contributed by atoms with van der Waals surface area (Å²) in [4.78, 5) is 0. The lowest BCUT2D eigenvalue weighted by Gasteiger charge is -2.18. The SMILES string of the molecule is COc1cccc(CO)c1OCC(O)C(F)(F)F. The quantitative estimate of drug-likeness (QED) is 0.847. The number of aliphatic hydroxyl groups excluding tert-OH is 2. The Morgan fingerprint density at radius 2 is 2.00 bits per heavy atom. The zero-order valence-electron chi connectivity index (χ0n) is 9.57. The summed E-state index contributed by atoms with van der Waals surface area (Å²) in [5, 5.41) is 17.9. The zero-order valence-corrected chi connectivity index (χ0v) is 9.57. The number of aliphatic hydroxyl groups is 2. The number of para-hydroxylation sites is 1. The van der Waals surface area contributed by atoms with Gasteiger partial charge in [-0.15, -0.1) is 0 Å². The molecule has 0 aromatic heterocycles. The van der Waals surface area contributed by atoms with Gasteiger partial charge in [-0.1, -0.05) is 12.1 Å². The highest BCUT2D eigenvalue weighted by atomic mass is 19.4. The normalized spacial score (nSPS) is 13.2. The molecule has 1 rings (SSSR count). The first-order valence-corrected chi connectivity index (χ1v) is 5.04. The molecule has 0 aliphatic rings. The Balaban J connectivity index is 2.83. The Morgan fingerprint density at radius 3 is 2.50 bits per heavy atom. The second-order valence-corrected chi connectivity index (χ2v) is 3.48. The Labute approximate surface area is 102 Å². The van der Waals surface area contributed by atoms with Crippen molar-refractivity contribution in [3.05, 3.63) is 23.8 Å². The molecule has 4 nitrogen and oxygen atoms in total. The van der Waals surface area contributed by atoms with Crippen LogP contribution in [0.1, 0.15) is 5.56 Å². The van der Waals surface area contributed by atoms with Crippen LogP contribution in [0.5, 0.6) is 11.5 Å². The van der Waals surface area contributed by atoms with Crippen molar-refractivity contribution in [2.75, 3.05) is 13.7 Å². The molecule has 1 aromatic rings. The Morgan fingerprint density at radius 1 is 1.33 bits per heavy atom. The summed E-state index contributed by atoms with van der Waals surface area (Å²) in [7, 11) is 1.32. The fraction of sp³-hybridized carbons (Fsp3) is 0.455. The first kappa shape index (κ1) is 14.6. The molecule has 0 heterocycles. The number of ether oxygens (including phenoxy) is 2. The highest BCUT2D eigenvalue weighted by Gasteiger charge is 2.39. The molecule has 1 atom stereocenters. The molecule has 0 aliphatic carbocycles. The third kappa shape index (κ3) is 3.51. The molecule has 0 amide bonds. The molecule has 1 unspecified atom stereocenters. The average molecular weight is 266 g/mol. The summed E-state index contributed by atoms with van der Waals surface area (Å²) in [6.45, 7) is -1.37. The van der Waals surface area contributed by atoms with Gasteiger partial charge in [0.2, 0.25) is 0 Å². The Hall–Kier alpha value is -1.47. The third-order valence-corrected chi connectivity index (χ3v) is 2.21. The van der Waals surface area contributed by atoms with Gasteiger partial charge in [-0.3, -0.25) is 0 Å². The minimum atomic E-state index is -4.75. The third-order valence-electron chi connectivity index (χ3n) is 2.21. The average Bonchev–Trinajstić information content (AvgIpc) is 2.34. The molecule has 1 aromatic carbocycles. The first-order chi connectivity index (χ1) is 8.40. The zero-order chi connectivity index (χ0) is 13.8. The maximum Gasteiger partial charge on any atom is 0.417 e. The molecular weight excluding hydrogens is 253 g/mol. The predicted molar refractivity (Wildman–Crippen MR) is 56.5 cm³/mol. The Kier molecular flexibility index (Phi) is 4.80. The van der Waals surface area contributed by atoms with Crippen LogP contribution in [0.2, 0.25) is 0 Å². The highest BCUT2D eigenvalue weighted by Crippen LogP contribution is 2.32. The molecule has 2 N–H and O–H groups in total. The van der Waals surface area contributed by atoms with E-state index in [1.807, 2.05) is 0 Å². The maximum absolute atomic E-state index is 12.1. The summed E-state index contributed by atoms with van der Waals surface area (Å²) in [5.74, 6) is 0.182. The number of halogens is 3. The molecular formula is C11H13F3O4. The van der Waals surface area contributed by atoms with E-state index in [0.29, 0.717) is 0 Å². The van der Waals surface area contributed by atoms with E-state index in [4.69, 9.17) is 19.7 Å². The van der Waals surface area contributed by atoms with Crippen LogP contribution < -0.4 is 9.47 Å². The van der Waals surface area contributed by atoms with Crippen LogP contribution in [-0.2, 0) is 6.61 Å². The van der Waals surface area contributed by atoms with Gasteiger partial charge in [-0.25, -0.2) is 0 Å². The molecule has 102 valence electrons. The minimum Gasteiger partial charge on any atom is -0.493 e. The van der Waals surface area contributed by atoms with Gasteiger partial charge in [0.1, 0.15) is 6.61 Å². The van der Waals surface area contributed by atoms with Crippen molar-refractivity contribution in [2.24, 2.45) is 0 Å². The Bertz CT molecular complexity index is 370. The van der Waals surface area contributed by atoms with Crippen LogP contribution in [0.25, 0.3) is 0 Å². The van der Waals surface area contributed by atoms with Gasteiger partial charge >= 0.3 is 6.18 Å². The molecule has 7 heteroatoms. The minimum absolute atomic E-state index is 0.00852. The van der Waals surface area contributed by atoms with Crippen LogP contribution in [-0.4, -0.2) is 36.2 Å². The lowest BCUT2D eigenvalue weighted by atomic mass is 10.2. The van der Waals surface area contributed by atoms with Crippen molar-refractivity contribution in [1.29, 1.82) is 0 Å². The lowest BCUT2D eigenvalue weighted by Crippen LogP contribution is -2.34. The number of alkyl halides is 3. The van der Waals surface area contributed by atoms with E-state index in [0.717, 1.165) is 0 Å². The highest BCUT2D eigenvalue weighted by molar-refractivity contribution is 5.46. The second kappa shape index (κ2) is 5.92. The van der Waals surface area contributed by atoms with Gasteiger partial charge in [0.25, 0.3) is 0 Å². The number of hydrogen-bond donors (Lipinski definition) is 2. The van der Waals surface area contributed by atoms with Crippen molar-refractivity contribution in [3.8, 4) is 11.5 Å². The van der Waals surface area contributed by atoms with Gasteiger partial charge in [-0.2, -0.15) is 13.2 Å². The molecule has 0 saturated carbocycles. The number of rotatable bonds is 5. The largest absolute Gasteiger partial charge is 0.493 e. The van der Waals surface area contributed by atoms with Crippen molar-refractivity contribution >= 4 is 0 Å². The fourth-order valence-corrected chi connectivity index (χ4v) is 1.27. The van der Waals surface area contributed by atoms with Gasteiger partial charge in [0.05, 0.1) is 13.7 Å². The topological polar surface area (TPSA) is 58.9 Å². The summed E-state index contributed by atoms with van der Waals surface area (Å²) < 4.78 is 46.1. The molecule has 0 spiro atoms. The van der Waals surface area contributed by atoms with E-state index >= 15 is 0 Å². The van der Waals surface area contributed by atoms with Crippen molar-refractivity contribution < 1.29 is 32.9 Å².